The largest absolute Gasteiger partial charge is 0.344 e. The fraction of sp³-hybridized carbons (Fsp3) is 0.357. The molecule has 0 saturated heterocycles. The molecule has 20 heavy (non-hydrogen) atoms. The predicted molar refractivity (Wildman–Crippen MR) is 80.6 cm³/mol. The molecular formula is C14H18N4OS. The van der Waals surface area contributed by atoms with E-state index in [4.69, 9.17) is 0 Å². The Morgan fingerprint density at radius 1 is 1.45 bits per heavy atom. The first-order valence-electron chi connectivity index (χ1n) is 6.45. The fourth-order valence-corrected chi connectivity index (χ4v) is 2.48. The van der Waals surface area contributed by atoms with Crippen LogP contribution in [0, 0.1) is 0 Å². The van der Waals surface area contributed by atoms with Gasteiger partial charge in [0.2, 0.25) is 5.91 Å². The third-order valence-electron chi connectivity index (χ3n) is 2.89. The summed E-state index contributed by atoms with van der Waals surface area (Å²) in [7, 11) is 3.68. The molecule has 0 unspecified atom stereocenters. The number of nitrogens with zero attached hydrogens (tertiary/aromatic N) is 3. The number of carbonyl (C=O) groups is 1. The first-order valence-corrected chi connectivity index (χ1v) is 7.33. The Bertz CT molecular complexity index is 555. The van der Waals surface area contributed by atoms with E-state index in [-0.39, 0.29) is 5.91 Å². The summed E-state index contributed by atoms with van der Waals surface area (Å²) in [4.78, 5) is 22.5. The quantitative estimate of drug-likeness (QED) is 0.874. The molecule has 0 aromatic carbocycles. The number of likely N-dealkylation sites (N-methyl/N-ethyl adjacent to an activating group) is 2. The number of thiazole rings is 1. The van der Waals surface area contributed by atoms with Crippen LogP contribution in [0.5, 0.6) is 0 Å². The molecule has 2 aromatic rings. The molecule has 2 heterocycles. The van der Waals surface area contributed by atoms with Crippen molar-refractivity contribution in [2.45, 2.75) is 6.42 Å². The zero-order chi connectivity index (χ0) is 14.4. The number of hydrogen-bond acceptors (Lipinski definition) is 5. The second-order valence-corrected chi connectivity index (χ2v) is 5.31. The van der Waals surface area contributed by atoms with E-state index in [2.05, 4.69) is 15.3 Å². The molecule has 0 bridgehead atoms. The maximum absolute atomic E-state index is 12.0. The Kier molecular flexibility index (Phi) is 5.20. The zero-order valence-electron chi connectivity index (χ0n) is 11.7. The number of hydrogen-bond donors (Lipinski definition) is 1. The minimum atomic E-state index is 0.0816. The fourth-order valence-electron chi connectivity index (χ4n) is 1.69. The van der Waals surface area contributed by atoms with Gasteiger partial charge in [-0.1, -0.05) is 6.07 Å². The number of nitrogens with one attached hydrogen (secondary N) is 1. The van der Waals surface area contributed by atoms with E-state index in [9.17, 15) is 4.79 Å². The molecule has 1 amide bonds. The number of rotatable bonds is 6. The van der Waals surface area contributed by atoms with E-state index >= 15 is 0 Å². The van der Waals surface area contributed by atoms with Crippen LogP contribution < -0.4 is 5.32 Å². The van der Waals surface area contributed by atoms with Crippen LogP contribution in [0.15, 0.2) is 29.8 Å². The highest BCUT2D eigenvalue weighted by Crippen LogP contribution is 2.21. The van der Waals surface area contributed by atoms with Gasteiger partial charge in [-0.2, -0.15) is 0 Å². The van der Waals surface area contributed by atoms with Crippen LogP contribution in [-0.4, -0.2) is 48.0 Å². The number of carbonyl (C=O) groups excluding carboxylic acids is 1. The summed E-state index contributed by atoms with van der Waals surface area (Å²) in [6.07, 6.45) is 2.08. The Hall–Kier alpha value is -1.79. The second kappa shape index (κ2) is 7.12. The van der Waals surface area contributed by atoms with Gasteiger partial charge in [0, 0.05) is 31.7 Å². The van der Waals surface area contributed by atoms with Crippen molar-refractivity contribution in [3.8, 4) is 10.7 Å². The van der Waals surface area contributed by atoms with Crippen molar-refractivity contribution in [1.29, 1.82) is 0 Å². The monoisotopic (exact) mass is 290 g/mol. The average molecular weight is 290 g/mol. The average Bonchev–Trinajstić information content (AvgIpc) is 2.94. The molecule has 0 fully saturated rings. The van der Waals surface area contributed by atoms with E-state index in [1.54, 1.807) is 11.1 Å². The van der Waals surface area contributed by atoms with Gasteiger partial charge >= 0.3 is 0 Å². The summed E-state index contributed by atoms with van der Waals surface area (Å²) in [5.41, 5.74) is 1.65. The van der Waals surface area contributed by atoms with Crippen molar-refractivity contribution >= 4 is 17.2 Å². The Morgan fingerprint density at radius 3 is 3.00 bits per heavy atom. The number of aromatic nitrogens is 2. The summed E-state index contributed by atoms with van der Waals surface area (Å²) >= 11 is 1.52. The van der Waals surface area contributed by atoms with Gasteiger partial charge in [-0.3, -0.25) is 9.78 Å². The smallest absolute Gasteiger partial charge is 0.228 e. The van der Waals surface area contributed by atoms with Crippen molar-refractivity contribution < 1.29 is 4.79 Å². The molecule has 6 heteroatoms. The summed E-state index contributed by atoms with van der Waals surface area (Å²) < 4.78 is 0. The summed E-state index contributed by atoms with van der Waals surface area (Å²) in [5, 5.41) is 5.80. The normalized spacial score (nSPS) is 10.5. The highest BCUT2D eigenvalue weighted by molar-refractivity contribution is 7.13. The van der Waals surface area contributed by atoms with E-state index in [0.717, 1.165) is 22.9 Å². The molecular weight excluding hydrogens is 272 g/mol. The lowest BCUT2D eigenvalue weighted by molar-refractivity contribution is -0.129. The van der Waals surface area contributed by atoms with Gasteiger partial charge in [0.15, 0.2) is 0 Å². The Morgan fingerprint density at radius 2 is 2.30 bits per heavy atom. The summed E-state index contributed by atoms with van der Waals surface area (Å²) in [6.45, 7) is 1.49. The molecule has 2 rings (SSSR count). The Balaban J connectivity index is 1.98. The molecule has 0 saturated carbocycles. The van der Waals surface area contributed by atoms with Crippen LogP contribution in [0.4, 0.5) is 0 Å². The molecule has 0 aliphatic carbocycles. The van der Waals surface area contributed by atoms with Crippen LogP contribution in [0.1, 0.15) is 5.69 Å². The Labute approximate surface area is 122 Å². The lowest BCUT2D eigenvalue weighted by atomic mass is 10.3. The standard InChI is InChI=1S/C14H18N4OS/c1-15-7-8-18(2)13(19)9-11-10-20-14(17-11)12-5-3-4-6-16-12/h3-6,10,15H,7-9H2,1-2H3. The molecule has 0 aliphatic heterocycles. The van der Waals surface area contributed by atoms with Gasteiger partial charge in [-0.15, -0.1) is 11.3 Å². The molecule has 2 aromatic heterocycles. The molecule has 0 aliphatic rings. The van der Waals surface area contributed by atoms with Gasteiger partial charge in [0.1, 0.15) is 5.01 Å². The molecule has 0 radical (unpaired) electrons. The molecule has 0 spiro atoms. The zero-order valence-corrected chi connectivity index (χ0v) is 12.5. The lowest BCUT2D eigenvalue weighted by Crippen LogP contribution is -2.33. The molecule has 0 atom stereocenters. The third-order valence-corrected chi connectivity index (χ3v) is 3.80. The molecule has 5 nitrogen and oxygen atoms in total. The second-order valence-electron chi connectivity index (χ2n) is 4.45. The molecule has 1 N–H and O–H groups in total. The topological polar surface area (TPSA) is 58.1 Å². The lowest BCUT2D eigenvalue weighted by Gasteiger charge is -2.15. The van der Waals surface area contributed by atoms with Crippen LogP contribution in [0.25, 0.3) is 10.7 Å². The van der Waals surface area contributed by atoms with Crippen molar-refractivity contribution in [1.82, 2.24) is 20.2 Å². The van der Waals surface area contributed by atoms with Crippen LogP contribution in [-0.2, 0) is 11.2 Å². The van der Waals surface area contributed by atoms with E-state index in [1.165, 1.54) is 11.3 Å². The number of amides is 1. The number of pyridine rings is 1. The van der Waals surface area contributed by atoms with Crippen LogP contribution in [0.3, 0.4) is 0 Å². The maximum atomic E-state index is 12.0. The van der Waals surface area contributed by atoms with Gasteiger partial charge in [-0.05, 0) is 19.2 Å². The van der Waals surface area contributed by atoms with Crippen molar-refractivity contribution in [3.05, 3.63) is 35.5 Å². The van der Waals surface area contributed by atoms with E-state index < -0.39 is 0 Å². The SMILES string of the molecule is CNCCN(C)C(=O)Cc1csc(-c2ccccn2)n1. The van der Waals surface area contributed by atoms with E-state index in [0.29, 0.717) is 13.0 Å². The van der Waals surface area contributed by atoms with E-state index in [1.807, 2.05) is 37.7 Å². The summed E-state index contributed by atoms with van der Waals surface area (Å²) in [5.74, 6) is 0.0816. The van der Waals surface area contributed by atoms with Gasteiger partial charge in [0.05, 0.1) is 17.8 Å². The van der Waals surface area contributed by atoms with Crippen LogP contribution in [0.2, 0.25) is 0 Å². The first kappa shape index (κ1) is 14.6. The highest BCUT2D eigenvalue weighted by atomic mass is 32.1. The van der Waals surface area contributed by atoms with Gasteiger partial charge < -0.3 is 10.2 Å². The van der Waals surface area contributed by atoms with Crippen molar-refractivity contribution in [3.63, 3.8) is 0 Å². The maximum Gasteiger partial charge on any atom is 0.228 e. The highest BCUT2D eigenvalue weighted by Gasteiger charge is 2.12. The van der Waals surface area contributed by atoms with Crippen molar-refractivity contribution in [2.75, 3.05) is 27.2 Å². The first-order chi connectivity index (χ1) is 9.70. The predicted octanol–water partition coefficient (Wildman–Crippen LogP) is 1.43. The third kappa shape index (κ3) is 3.85. The minimum Gasteiger partial charge on any atom is -0.344 e. The summed E-state index contributed by atoms with van der Waals surface area (Å²) in [6, 6.07) is 5.72. The minimum absolute atomic E-state index is 0.0816. The van der Waals surface area contributed by atoms with Gasteiger partial charge in [0.25, 0.3) is 0 Å². The van der Waals surface area contributed by atoms with Crippen LogP contribution >= 0.6 is 11.3 Å². The van der Waals surface area contributed by atoms with Gasteiger partial charge in [-0.25, -0.2) is 4.98 Å². The van der Waals surface area contributed by atoms with Crippen molar-refractivity contribution in [2.24, 2.45) is 0 Å². The molecule has 106 valence electrons.